The minimum Gasteiger partial charge on any atom is -0.409 e. The van der Waals surface area contributed by atoms with Gasteiger partial charge in [0.05, 0.1) is 16.1 Å². The summed E-state index contributed by atoms with van der Waals surface area (Å²) in [5.74, 6) is -1.24. The van der Waals surface area contributed by atoms with Gasteiger partial charge in [-0.2, -0.15) is 0 Å². The third-order valence-corrected chi connectivity index (χ3v) is 2.66. The first kappa shape index (κ1) is 14.2. The maximum atomic E-state index is 12.8. The van der Waals surface area contributed by atoms with Crippen molar-refractivity contribution in [1.82, 2.24) is 5.32 Å². The molecule has 98 valence electrons. The molecule has 0 saturated carbocycles. The van der Waals surface area contributed by atoms with E-state index in [1.807, 2.05) is 0 Å². The molecule has 18 heavy (non-hydrogen) atoms. The van der Waals surface area contributed by atoms with Gasteiger partial charge in [0.25, 0.3) is 5.91 Å². The van der Waals surface area contributed by atoms with Gasteiger partial charge in [0.15, 0.2) is 5.84 Å². The van der Waals surface area contributed by atoms with E-state index in [1.165, 1.54) is 6.07 Å². The molecule has 4 N–H and O–H groups in total. The van der Waals surface area contributed by atoms with Crippen molar-refractivity contribution in [3.05, 3.63) is 34.6 Å². The van der Waals surface area contributed by atoms with E-state index in [2.05, 4.69) is 10.5 Å². The van der Waals surface area contributed by atoms with Crippen LogP contribution in [0, 0.1) is 5.82 Å². The second kappa shape index (κ2) is 5.22. The summed E-state index contributed by atoms with van der Waals surface area (Å²) in [4.78, 5) is 11.9. The number of carbonyl (C=O) groups is 1. The second-order valence-electron chi connectivity index (χ2n) is 4.19. The number of rotatable bonds is 3. The van der Waals surface area contributed by atoms with Crippen LogP contribution in [-0.2, 0) is 0 Å². The number of nitrogens with one attached hydrogen (secondary N) is 1. The fourth-order valence-electron chi connectivity index (χ4n) is 1.21. The van der Waals surface area contributed by atoms with Crippen molar-refractivity contribution in [1.29, 1.82) is 0 Å². The normalized spacial score (nSPS) is 12.3. The second-order valence-corrected chi connectivity index (χ2v) is 4.60. The Morgan fingerprint density at radius 3 is 2.67 bits per heavy atom. The Morgan fingerprint density at radius 2 is 2.17 bits per heavy atom. The van der Waals surface area contributed by atoms with E-state index in [1.54, 1.807) is 13.8 Å². The van der Waals surface area contributed by atoms with Gasteiger partial charge in [-0.1, -0.05) is 16.8 Å². The molecular formula is C11H13ClFN3O2. The maximum absolute atomic E-state index is 12.8. The summed E-state index contributed by atoms with van der Waals surface area (Å²) in [7, 11) is 0. The smallest absolute Gasteiger partial charge is 0.253 e. The molecule has 1 rings (SSSR count). The zero-order chi connectivity index (χ0) is 13.9. The Morgan fingerprint density at radius 1 is 1.56 bits per heavy atom. The zero-order valence-corrected chi connectivity index (χ0v) is 10.6. The standard InChI is InChI=1S/C11H13ClFN3O2/c1-11(2,10(14)16-18)15-9(17)7-4-3-6(13)5-8(7)12/h3-5,18H,1-2H3,(H2,14,16)(H,15,17). The van der Waals surface area contributed by atoms with Crippen LogP contribution in [0.3, 0.4) is 0 Å². The summed E-state index contributed by atoms with van der Waals surface area (Å²) in [6.07, 6.45) is 0. The molecule has 1 amide bonds. The van der Waals surface area contributed by atoms with E-state index in [9.17, 15) is 9.18 Å². The Hall–Kier alpha value is -1.82. The van der Waals surface area contributed by atoms with E-state index in [4.69, 9.17) is 22.5 Å². The Kier molecular flexibility index (Phi) is 4.13. The van der Waals surface area contributed by atoms with Crippen molar-refractivity contribution < 1.29 is 14.4 Å². The molecule has 0 radical (unpaired) electrons. The van der Waals surface area contributed by atoms with E-state index >= 15 is 0 Å². The molecule has 0 spiro atoms. The van der Waals surface area contributed by atoms with Crippen LogP contribution in [0.5, 0.6) is 0 Å². The summed E-state index contributed by atoms with van der Waals surface area (Å²) >= 11 is 5.75. The van der Waals surface area contributed by atoms with Gasteiger partial charge in [-0.15, -0.1) is 0 Å². The number of nitrogens with zero attached hydrogens (tertiary/aromatic N) is 1. The summed E-state index contributed by atoms with van der Waals surface area (Å²) in [5.41, 5.74) is 4.49. The van der Waals surface area contributed by atoms with Gasteiger partial charge in [-0.3, -0.25) is 4.79 Å². The lowest BCUT2D eigenvalue weighted by Gasteiger charge is -2.24. The molecule has 0 fully saturated rings. The molecular weight excluding hydrogens is 261 g/mol. The van der Waals surface area contributed by atoms with Gasteiger partial charge in [-0.25, -0.2) is 4.39 Å². The number of hydrogen-bond donors (Lipinski definition) is 3. The summed E-state index contributed by atoms with van der Waals surface area (Å²) in [6, 6.07) is 3.42. The molecule has 0 unspecified atom stereocenters. The average Bonchev–Trinajstić information content (AvgIpc) is 2.26. The highest BCUT2D eigenvalue weighted by Gasteiger charge is 2.27. The highest BCUT2D eigenvalue weighted by atomic mass is 35.5. The van der Waals surface area contributed by atoms with Gasteiger partial charge < -0.3 is 16.3 Å². The summed E-state index contributed by atoms with van der Waals surface area (Å²) in [6.45, 7) is 3.11. The first-order valence-electron chi connectivity index (χ1n) is 5.03. The minimum atomic E-state index is -1.05. The molecule has 0 atom stereocenters. The van der Waals surface area contributed by atoms with Gasteiger partial charge in [0.2, 0.25) is 0 Å². The number of oxime groups is 1. The Bertz CT molecular complexity index is 503. The van der Waals surface area contributed by atoms with Crippen molar-refractivity contribution in [3.8, 4) is 0 Å². The molecule has 0 heterocycles. The molecule has 0 aliphatic heterocycles. The van der Waals surface area contributed by atoms with E-state index in [0.29, 0.717) is 0 Å². The van der Waals surface area contributed by atoms with Crippen molar-refractivity contribution in [2.75, 3.05) is 0 Å². The maximum Gasteiger partial charge on any atom is 0.253 e. The topological polar surface area (TPSA) is 87.7 Å². The van der Waals surface area contributed by atoms with Crippen molar-refractivity contribution in [2.24, 2.45) is 10.9 Å². The number of amidine groups is 1. The van der Waals surface area contributed by atoms with Crippen LogP contribution in [0.1, 0.15) is 24.2 Å². The van der Waals surface area contributed by atoms with Gasteiger partial charge in [0, 0.05) is 0 Å². The molecule has 7 heteroatoms. The molecule has 5 nitrogen and oxygen atoms in total. The van der Waals surface area contributed by atoms with Crippen LogP contribution in [0.15, 0.2) is 23.4 Å². The van der Waals surface area contributed by atoms with E-state index in [0.717, 1.165) is 12.1 Å². The van der Waals surface area contributed by atoms with Crippen molar-refractivity contribution in [2.45, 2.75) is 19.4 Å². The quantitative estimate of drug-likeness (QED) is 0.339. The SMILES string of the molecule is CC(C)(NC(=O)c1ccc(F)cc1Cl)/C(N)=N/O. The lowest BCUT2D eigenvalue weighted by molar-refractivity contribution is 0.0931. The van der Waals surface area contributed by atoms with Crippen LogP contribution in [0.25, 0.3) is 0 Å². The van der Waals surface area contributed by atoms with Crippen LogP contribution in [-0.4, -0.2) is 22.5 Å². The van der Waals surface area contributed by atoms with Crippen LogP contribution < -0.4 is 11.1 Å². The fraction of sp³-hybridized carbons (Fsp3) is 0.273. The fourth-order valence-corrected chi connectivity index (χ4v) is 1.47. The molecule has 0 saturated heterocycles. The summed E-state index contributed by atoms with van der Waals surface area (Å²) < 4.78 is 12.8. The summed E-state index contributed by atoms with van der Waals surface area (Å²) in [5, 5.41) is 13.9. The van der Waals surface area contributed by atoms with Crippen LogP contribution in [0.4, 0.5) is 4.39 Å². The van der Waals surface area contributed by atoms with Crippen LogP contribution in [0.2, 0.25) is 5.02 Å². The number of carbonyl (C=O) groups excluding carboxylic acids is 1. The molecule has 0 aromatic heterocycles. The number of amides is 1. The average molecular weight is 274 g/mol. The lowest BCUT2D eigenvalue weighted by Crippen LogP contribution is -2.53. The number of benzene rings is 1. The van der Waals surface area contributed by atoms with Crippen molar-refractivity contribution >= 4 is 23.3 Å². The van der Waals surface area contributed by atoms with Gasteiger partial charge in [-0.05, 0) is 32.0 Å². The minimum absolute atomic E-state index is 0.0113. The van der Waals surface area contributed by atoms with Crippen molar-refractivity contribution in [3.63, 3.8) is 0 Å². The largest absolute Gasteiger partial charge is 0.409 e. The van der Waals surface area contributed by atoms with E-state index < -0.39 is 17.3 Å². The predicted molar refractivity (Wildman–Crippen MR) is 66.4 cm³/mol. The highest BCUT2D eigenvalue weighted by Crippen LogP contribution is 2.18. The molecule has 0 bridgehead atoms. The van der Waals surface area contributed by atoms with E-state index in [-0.39, 0.29) is 16.4 Å². The highest BCUT2D eigenvalue weighted by molar-refractivity contribution is 6.33. The van der Waals surface area contributed by atoms with Gasteiger partial charge >= 0.3 is 0 Å². The molecule has 1 aromatic carbocycles. The molecule has 0 aliphatic rings. The first-order chi connectivity index (χ1) is 8.27. The third kappa shape index (κ3) is 3.10. The Labute approximate surface area is 108 Å². The number of halogens is 2. The third-order valence-electron chi connectivity index (χ3n) is 2.35. The Balaban J connectivity index is 2.96. The lowest BCUT2D eigenvalue weighted by atomic mass is 10.0. The predicted octanol–water partition coefficient (Wildman–Crippen LogP) is 1.73. The number of nitrogens with two attached hydrogens (primary N) is 1. The zero-order valence-electron chi connectivity index (χ0n) is 9.87. The number of hydrogen-bond acceptors (Lipinski definition) is 3. The first-order valence-corrected chi connectivity index (χ1v) is 5.41. The van der Waals surface area contributed by atoms with Gasteiger partial charge in [0.1, 0.15) is 5.82 Å². The van der Waals surface area contributed by atoms with Crippen LogP contribution >= 0.6 is 11.6 Å². The monoisotopic (exact) mass is 273 g/mol. The molecule has 1 aromatic rings. The molecule has 0 aliphatic carbocycles.